The summed E-state index contributed by atoms with van der Waals surface area (Å²) in [6.45, 7) is 5.88. The molecule has 0 unspecified atom stereocenters. The van der Waals surface area contributed by atoms with Crippen molar-refractivity contribution in [3.63, 3.8) is 0 Å². The topological polar surface area (TPSA) is 66.5 Å². The monoisotopic (exact) mass is 408 g/mol. The zero-order valence-corrected chi connectivity index (χ0v) is 17.6. The molecule has 0 fully saturated rings. The fraction of sp³-hybridized carbons (Fsp3) is 0.350. The van der Waals surface area contributed by atoms with Crippen LogP contribution in [0.2, 0.25) is 5.02 Å². The van der Waals surface area contributed by atoms with Crippen molar-refractivity contribution in [1.82, 2.24) is 5.32 Å². The number of anilines is 1. The molecule has 1 N–H and O–H groups in total. The van der Waals surface area contributed by atoms with E-state index < -0.39 is 10.0 Å². The van der Waals surface area contributed by atoms with E-state index in [-0.39, 0.29) is 27.4 Å². The summed E-state index contributed by atoms with van der Waals surface area (Å²) in [4.78, 5) is 12.8. The summed E-state index contributed by atoms with van der Waals surface area (Å²) in [6, 6.07) is 11.3. The molecule has 0 saturated heterocycles. The number of nitrogens with zero attached hydrogens (tertiary/aromatic N) is 1. The Balaban J connectivity index is 2.36. The summed E-state index contributed by atoms with van der Waals surface area (Å²) in [7, 11) is -2.28. The van der Waals surface area contributed by atoms with Crippen LogP contribution in [0.3, 0.4) is 0 Å². The molecule has 2 aromatic carbocycles. The van der Waals surface area contributed by atoms with Crippen LogP contribution < -0.4 is 9.62 Å². The standard InChI is InChI=1S/C20H25ClN2O3S/c1-5-15(6-2)22-20(24)18-13-16(9-12-19(18)21)23(4)27(25,26)17-10-7-14(3)8-11-17/h7-13,15H,5-6H2,1-4H3,(H,22,24). The minimum Gasteiger partial charge on any atom is -0.349 e. The first kappa shape index (κ1) is 21.3. The van der Waals surface area contributed by atoms with Crippen LogP contribution in [0.1, 0.15) is 42.6 Å². The van der Waals surface area contributed by atoms with Crippen LogP contribution in [-0.2, 0) is 10.0 Å². The molecule has 5 nitrogen and oxygen atoms in total. The molecule has 146 valence electrons. The number of sulfonamides is 1. The van der Waals surface area contributed by atoms with Gasteiger partial charge in [0.05, 0.1) is 21.2 Å². The summed E-state index contributed by atoms with van der Waals surface area (Å²) < 4.78 is 26.9. The molecule has 1 amide bonds. The summed E-state index contributed by atoms with van der Waals surface area (Å²) in [6.07, 6.45) is 1.61. The Morgan fingerprint density at radius 1 is 1.11 bits per heavy atom. The van der Waals surface area contributed by atoms with Crippen LogP contribution in [-0.4, -0.2) is 27.4 Å². The Kier molecular flexibility index (Phi) is 6.89. The second-order valence-corrected chi connectivity index (χ2v) is 8.81. The maximum Gasteiger partial charge on any atom is 0.264 e. The van der Waals surface area contributed by atoms with Crippen molar-refractivity contribution >= 4 is 33.2 Å². The molecular weight excluding hydrogens is 384 g/mol. The number of carbonyl (C=O) groups is 1. The number of amides is 1. The van der Waals surface area contributed by atoms with Crippen LogP contribution >= 0.6 is 11.6 Å². The third-order valence-electron chi connectivity index (χ3n) is 4.56. The van der Waals surface area contributed by atoms with Gasteiger partial charge in [0, 0.05) is 13.1 Å². The Morgan fingerprint density at radius 2 is 1.70 bits per heavy atom. The number of rotatable bonds is 7. The van der Waals surface area contributed by atoms with Crippen LogP contribution in [0, 0.1) is 6.92 Å². The van der Waals surface area contributed by atoms with Gasteiger partial charge in [-0.05, 0) is 50.1 Å². The molecule has 0 heterocycles. The van der Waals surface area contributed by atoms with E-state index in [1.54, 1.807) is 36.4 Å². The zero-order valence-electron chi connectivity index (χ0n) is 16.0. The van der Waals surface area contributed by atoms with Gasteiger partial charge in [0.15, 0.2) is 0 Å². The molecule has 0 saturated carbocycles. The van der Waals surface area contributed by atoms with Crippen molar-refractivity contribution in [3.8, 4) is 0 Å². The number of aryl methyl sites for hydroxylation is 1. The van der Waals surface area contributed by atoms with Crippen molar-refractivity contribution < 1.29 is 13.2 Å². The van der Waals surface area contributed by atoms with Gasteiger partial charge in [0.25, 0.3) is 15.9 Å². The van der Waals surface area contributed by atoms with E-state index in [2.05, 4.69) is 5.32 Å². The van der Waals surface area contributed by atoms with Crippen LogP contribution in [0.5, 0.6) is 0 Å². The van der Waals surface area contributed by atoms with Crippen molar-refractivity contribution in [2.75, 3.05) is 11.4 Å². The Labute approximate surface area is 166 Å². The number of hydrogen-bond acceptors (Lipinski definition) is 3. The summed E-state index contributed by atoms with van der Waals surface area (Å²) in [5.41, 5.74) is 1.60. The highest BCUT2D eigenvalue weighted by Crippen LogP contribution is 2.27. The van der Waals surface area contributed by atoms with Crippen LogP contribution in [0.4, 0.5) is 5.69 Å². The first-order valence-corrected chi connectivity index (χ1v) is 10.7. The van der Waals surface area contributed by atoms with Crippen LogP contribution in [0.15, 0.2) is 47.4 Å². The third kappa shape index (κ3) is 4.82. The highest BCUT2D eigenvalue weighted by atomic mass is 35.5. The smallest absolute Gasteiger partial charge is 0.264 e. The molecule has 2 rings (SSSR count). The van der Waals surface area contributed by atoms with Gasteiger partial charge in [0.2, 0.25) is 0 Å². The third-order valence-corrected chi connectivity index (χ3v) is 6.69. The van der Waals surface area contributed by atoms with Crippen molar-refractivity contribution in [2.45, 2.75) is 44.6 Å². The fourth-order valence-corrected chi connectivity index (χ4v) is 4.04. The summed E-state index contributed by atoms with van der Waals surface area (Å²) in [5.74, 6) is -0.309. The summed E-state index contributed by atoms with van der Waals surface area (Å²) >= 11 is 6.19. The maximum absolute atomic E-state index is 12.9. The highest BCUT2D eigenvalue weighted by Gasteiger charge is 2.23. The van der Waals surface area contributed by atoms with Gasteiger partial charge in [-0.25, -0.2) is 8.42 Å². The summed E-state index contributed by atoms with van der Waals surface area (Å²) in [5, 5.41) is 3.21. The van der Waals surface area contributed by atoms with E-state index in [9.17, 15) is 13.2 Å². The van der Waals surface area contributed by atoms with Gasteiger partial charge in [-0.1, -0.05) is 43.1 Å². The highest BCUT2D eigenvalue weighted by molar-refractivity contribution is 7.92. The average Bonchev–Trinajstić information content (AvgIpc) is 2.66. The number of halogens is 1. The number of nitrogens with one attached hydrogen (secondary N) is 1. The first-order valence-electron chi connectivity index (χ1n) is 8.86. The Morgan fingerprint density at radius 3 is 2.26 bits per heavy atom. The molecule has 0 aromatic heterocycles. The minimum atomic E-state index is -3.74. The van der Waals surface area contributed by atoms with Crippen molar-refractivity contribution in [3.05, 3.63) is 58.6 Å². The molecule has 0 spiro atoms. The van der Waals surface area contributed by atoms with E-state index >= 15 is 0 Å². The normalized spacial score (nSPS) is 11.5. The molecule has 0 aliphatic rings. The zero-order chi connectivity index (χ0) is 20.2. The second-order valence-electron chi connectivity index (χ2n) is 6.44. The predicted molar refractivity (Wildman–Crippen MR) is 110 cm³/mol. The van der Waals surface area contributed by atoms with Crippen molar-refractivity contribution in [1.29, 1.82) is 0 Å². The van der Waals surface area contributed by atoms with Crippen molar-refractivity contribution in [2.24, 2.45) is 0 Å². The maximum atomic E-state index is 12.9. The van der Waals surface area contributed by atoms with Gasteiger partial charge in [0.1, 0.15) is 0 Å². The molecule has 2 aromatic rings. The minimum absolute atomic E-state index is 0.0474. The lowest BCUT2D eigenvalue weighted by Crippen LogP contribution is -2.34. The molecule has 0 aliphatic carbocycles. The van der Waals surface area contributed by atoms with Gasteiger partial charge in [-0.15, -0.1) is 0 Å². The van der Waals surface area contributed by atoms with Gasteiger partial charge in [-0.2, -0.15) is 0 Å². The predicted octanol–water partition coefficient (Wildman–Crippen LogP) is 4.39. The Hall–Kier alpha value is -2.05. The Bertz CT molecular complexity index is 907. The van der Waals surface area contributed by atoms with E-state index in [0.29, 0.717) is 5.69 Å². The quantitative estimate of drug-likeness (QED) is 0.738. The first-order chi connectivity index (χ1) is 12.7. The number of benzene rings is 2. The molecule has 0 bridgehead atoms. The van der Waals surface area contributed by atoms with Crippen LogP contribution in [0.25, 0.3) is 0 Å². The molecule has 0 radical (unpaired) electrons. The van der Waals surface area contributed by atoms with E-state index in [1.807, 2.05) is 20.8 Å². The second kappa shape index (κ2) is 8.76. The lowest BCUT2D eigenvalue weighted by molar-refractivity contribution is 0.0935. The fourth-order valence-electron chi connectivity index (χ4n) is 2.65. The van der Waals surface area contributed by atoms with Gasteiger partial charge >= 0.3 is 0 Å². The van der Waals surface area contributed by atoms with E-state index in [4.69, 9.17) is 11.6 Å². The number of hydrogen-bond donors (Lipinski definition) is 1. The largest absolute Gasteiger partial charge is 0.349 e. The van der Waals surface area contributed by atoms with E-state index in [0.717, 1.165) is 22.7 Å². The molecule has 0 atom stereocenters. The lowest BCUT2D eigenvalue weighted by atomic mass is 10.1. The average molecular weight is 409 g/mol. The van der Waals surface area contributed by atoms with E-state index in [1.165, 1.54) is 13.1 Å². The molecule has 27 heavy (non-hydrogen) atoms. The number of carbonyl (C=O) groups excluding carboxylic acids is 1. The SMILES string of the molecule is CCC(CC)NC(=O)c1cc(N(C)S(=O)(=O)c2ccc(C)cc2)ccc1Cl. The molecule has 0 aliphatic heterocycles. The molecule has 7 heteroatoms. The van der Waals surface area contributed by atoms with Gasteiger partial charge in [-0.3, -0.25) is 9.10 Å². The van der Waals surface area contributed by atoms with Gasteiger partial charge < -0.3 is 5.32 Å². The lowest BCUT2D eigenvalue weighted by Gasteiger charge is -2.21. The molecular formula is C20H25ClN2O3S.